The Balaban J connectivity index is 1.64. The third-order valence-corrected chi connectivity index (χ3v) is 5.79. The number of nitrogens with zero attached hydrogens (tertiary/aromatic N) is 2. The van der Waals surface area contributed by atoms with Crippen molar-refractivity contribution in [2.75, 3.05) is 17.3 Å². The summed E-state index contributed by atoms with van der Waals surface area (Å²) in [5.74, 6) is -1.14. The number of benzene rings is 3. The lowest BCUT2D eigenvalue weighted by Gasteiger charge is -2.21. The molecule has 0 bridgehead atoms. The van der Waals surface area contributed by atoms with E-state index in [2.05, 4.69) is 15.6 Å². The molecule has 0 aromatic heterocycles. The normalized spacial score (nSPS) is 15.7. The fourth-order valence-corrected chi connectivity index (χ4v) is 4.15. The Morgan fingerprint density at radius 2 is 1.69 bits per heavy atom. The number of amides is 3. The molecule has 1 aliphatic heterocycles. The van der Waals surface area contributed by atoms with E-state index in [0.29, 0.717) is 11.3 Å². The highest BCUT2D eigenvalue weighted by Crippen LogP contribution is 2.37. The van der Waals surface area contributed by atoms with Gasteiger partial charge in [0.1, 0.15) is 5.82 Å². The number of hydrogen-bond donors (Lipinski definition) is 2. The van der Waals surface area contributed by atoms with Crippen molar-refractivity contribution in [3.8, 4) is 0 Å². The van der Waals surface area contributed by atoms with Crippen molar-refractivity contribution < 1.29 is 27.2 Å². The smallest absolute Gasteiger partial charge is 0.311 e. The molecule has 4 rings (SSSR count). The fourth-order valence-electron chi connectivity index (χ4n) is 3.55. The van der Waals surface area contributed by atoms with Gasteiger partial charge in [-0.15, -0.1) is 0 Å². The van der Waals surface area contributed by atoms with E-state index in [1.807, 2.05) is 0 Å². The zero-order valence-electron chi connectivity index (χ0n) is 18.1. The number of para-hydroxylation sites is 1. The molecule has 0 aliphatic carbocycles. The van der Waals surface area contributed by atoms with Crippen LogP contribution in [0.2, 0.25) is 0 Å². The molecule has 3 aromatic rings. The first-order chi connectivity index (χ1) is 16.6. The molecule has 0 saturated heterocycles. The Bertz CT molecular complexity index is 1310. The van der Waals surface area contributed by atoms with E-state index in [4.69, 9.17) is 0 Å². The van der Waals surface area contributed by atoms with Crippen molar-refractivity contribution in [2.24, 2.45) is 4.99 Å². The molecule has 35 heavy (non-hydrogen) atoms. The molecule has 11 heteroatoms. The number of likely N-dealkylation sites (N-methyl/N-ethyl adjacent to an activating group) is 1. The van der Waals surface area contributed by atoms with Gasteiger partial charge >= 0.3 is 11.5 Å². The quantitative estimate of drug-likeness (QED) is 0.371. The summed E-state index contributed by atoms with van der Waals surface area (Å²) in [5, 5.41) is 4.84. The third kappa shape index (κ3) is 5.62. The number of anilines is 2. The summed E-state index contributed by atoms with van der Waals surface area (Å²) in [5.41, 5.74) is -3.10. The van der Waals surface area contributed by atoms with Crippen molar-refractivity contribution in [2.45, 2.75) is 16.6 Å². The Hall–Kier alpha value is -3.86. The molecule has 0 fully saturated rings. The van der Waals surface area contributed by atoms with Gasteiger partial charge in [0.2, 0.25) is 6.17 Å². The van der Waals surface area contributed by atoms with Crippen LogP contribution in [0.15, 0.2) is 82.7 Å². The molecule has 6 nitrogen and oxygen atoms in total. The van der Waals surface area contributed by atoms with Gasteiger partial charge < -0.3 is 15.5 Å². The van der Waals surface area contributed by atoms with Crippen LogP contribution < -0.4 is 15.5 Å². The van der Waals surface area contributed by atoms with Crippen LogP contribution in [0.5, 0.6) is 0 Å². The molecule has 180 valence electrons. The number of urea groups is 1. The molecular formula is C24H18F4N4O2S. The molecule has 3 amide bonds. The number of carbonyl (C=O) groups is 2. The van der Waals surface area contributed by atoms with E-state index in [1.165, 1.54) is 48.3 Å². The van der Waals surface area contributed by atoms with Crippen molar-refractivity contribution in [1.29, 1.82) is 0 Å². The highest BCUT2D eigenvalue weighted by Gasteiger charge is 2.32. The van der Waals surface area contributed by atoms with Gasteiger partial charge in [-0.2, -0.15) is 13.2 Å². The van der Waals surface area contributed by atoms with Crippen LogP contribution in [0.4, 0.5) is 33.7 Å². The number of aliphatic imine (C=N–C) groups is 1. The minimum absolute atomic E-state index is 0.0905. The van der Waals surface area contributed by atoms with Crippen molar-refractivity contribution in [1.82, 2.24) is 5.32 Å². The highest BCUT2D eigenvalue weighted by molar-refractivity contribution is 8.00. The van der Waals surface area contributed by atoms with Crippen LogP contribution in [0.1, 0.15) is 11.1 Å². The zero-order valence-corrected chi connectivity index (χ0v) is 19.0. The lowest BCUT2D eigenvalue weighted by atomic mass is 10.00. The van der Waals surface area contributed by atoms with Crippen molar-refractivity contribution >= 4 is 40.8 Å². The van der Waals surface area contributed by atoms with Gasteiger partial charge in [0.05, 0.1) is 11.4 Å². The summed E-state index contributed by atoms with van der Waals surface area (Å²) in [6.45, 7) is 0. The summed E-state index contributed by atoms with van der Waals surface area (Å²) in [6.07, 6.45) is -1.42. The standard InChI is InChI=1S/C24H18F4N4O2S/c1-32-19-12-5-3-10-17(19)20(16-9-2-4-11-18(16)25)30-21(22(32)33)31-23(34)29-14-7-6-8-15(13-14)35-24(26,27)28/h2-13,21H,1H3,(H2,29,31,34). The number of benzodiazepines with no additional fused rings is 1. The van der Waals surface area contributed by atoms with E-state index >= 15 is 0 Å². The number of thioether (sulfide) groups is 1. The summed E-state index contributed by atoms with van der Waals surface area (Å²) >= 11 is -0.317. The van der Waals surface area contributed by atoms with Gasteiger partial charge in [0.25, 0.3) is 5.91 Å². The molecule has 0 spiro atoms. The van der Waals surface area contributed by atoms with Gasteiger partial charge in [-0.25, -0.2) is 14.2 Å². The van der Waals surface area contributed by atoms with Crippen LogP contribution >= 0.6 is 11.8 Å². The van der Waals surface area contributed by atoms with Crippen LogP contribution in [-0.2, 0) is 4.79 Å². The first-order valence-corrected chi connectivity index (χ1v) is 11.1. The summed E-state index contributed by atoms with van der Waals surface area (Å²) in [6, 6.07) is 17.0. The molecule has 3 aromatic carbocycles. The number of halogens is 4. The SMILES string of the molecule is CN1C(=O)C(NC(=O)Nc2cccc(SC(F)(F)F)c2)N=C(c2ccccc2F)c2ccccc21. The molecule has 0 radical (unpaired) electrons. The number of carbonyl (C=O) groups excluding carboxylic acids is 2. The zero-order chi connectivity index (χ0) is 25.2. The average Bonchev–Trinajstić information content (AvgIpc) is 2.89. The van der Waals surface area contributed by atoms with Crippen LogP contribution in [0.25, 0.3) is 0 Å². The maximum absolute atomic E-state index is 14.7. The van der Waals surface area contributed by atoms with E-state index < -0.39 is 29.4 Å². The lowest BCUT2D eigenvalue weighted by Crippen LogP contribution is -2.47. The van der Waals surface area contributed by atoms with Crippen LogP contribution in [-0.4, -0.2) is 36.4 Å². The Morgan fingerprint density at radius 3 is 2.40 bits per heavy atom. The molecule has 1 atom stereocenters. The first-order valence-electron chi connectivity index (χ1n) is 10.3. The van der Waals surface area contributed by atoms with Gasteiger partial charge in [-0.05, 0) is 48.2 Å². The van der Waals surface area contributed by atoms with Gasteiger partial charge in [-0.3, -0.25) is 4.79 Å². The van der Waals surface area contributed by atoms with Gasteiger partial charge in [-0.1, -0.05) is 36.4 Å². The molecule has 1 unspecified atom stereocenters. The Kier molecular flexibility index (Phi) is 6.79. The minimum atomic E-state index is -4.48. The van der Waals surface area contributed by atoms with E-state index in [0.717, 1.165) is 6.07 Å². The lowest BCUT2D eigenvalue weighted by molar-refractivity contribution is -0.119. The topological polar surface area (TPSA) is 73.8 Å². The second-order valence-electron chi connectivity index (χ2n) is 7.45. The molecule has 1 heterocycles. The molecule has 1 aliphatic rings. The number of fused-ring (bicyclic) bond motifs is 1. The van der Waals surface area contributed by atoms with Crippen LogP contribution in [0, 0.1) is 5.82 Å². The molecule has 2 N–H and O–H groups in total. The second kappa shape index (κ2) is 9.79. The second-order valence-corrected chi connectivity index (χ2v) is 8.59. The summed E-state index contributed by atoms with van der Waals surface area (Å²) < 4.78 is 52.6. The largest absolute Gasteiger partial charge is 0.446 e. The highest BCUT2D eigenvalue weighted by atomic mass is 32.2. The maximum atomic E-state index is 14.7. The van der Waals surface area contributed by atoms with Crippen molar-refractivity contribution in [3.63, 3.8) is 0 Å². The number of rotatable bonds is 4. The maximum Gasteiger partial charge on any atom is 0.446 e. The fraction of sp³-hybridized carbons (Fsp3) is 0.125. The Labute approximate surface area is 202 Å². The van der Waals surface area contributed by atoms with Gasteiger partial charge in [0.15, 0.2) is 0 Å². The molecular weight excluding hydrogens is 484 g/mol. The number of alkyl halides is 3. The monoisotopic (exact) mass is 502 g/mol. The van der Waals surface area contributed by atoms with Crippen LogP contribution in [0.3, 0.4) is 0 Å². The Morgan fingerprint density at radius 1 is 1.00 bits per heavy atom. The third-order valence-electron chi connectivity index (χ3n) is 5.07. The summed E-state index contributed by atoms with van der Waals surface area (Å²) in [7, 11) is 1.51. The average molecular weight is 502 g/mol. The predicted octanol–water partition coefficient (Wildman–Crippen LogP) is 5.40. The number of nitrogens with one attached hydrogen (secondary N) is 2. The van der Waals surface area contributed by atoms with E-state index in [-0.39, 0.29) is 33.6 Å². The first kappa shape index (κ1) is 24.3. The minimum Gasteiger partial charge on any atom is -0.311 e. The summed E-state index contributed by atoms with van der Waals surface area (Å²) in [4.78, 5) is 31.4. The van der Waals surface area contributed by atoms with Gasteiger partial charge in [0, 0.05) is 28.8 Å². The number of hydrogen-bond acceptors (Lipinski definition) is 4. The van der Waals surface area contributed by atoms with E-state index in [9.17, 15) is 27.2 Å². The predicted molar refractivity (Wildman–Crippen MR) is 126 cm³/mol. The molecule has 0 saturated carbocycles. The van der Waals surface area contributed by atoms with E-state index in [1.54, 1.807) is 30.3 Å². The van der Waals surface area contributed by atoms with Crippen molar-refractivity contribution in [3.05, 3.63) is 89.7 Å².